The van der Waals surface area contributed by atoms with Gasteiger partial charge in [0, 0.05) is 18.6 Å². The predicted molar refractivity (Wildman–Crippen MR) is 79.0 cm³/mol. The first kappa shape index (κ1) is 18.5. The molecule has 1 aromatic heterocycles. The monoisotopic (exact) mass is 330 g/mol. The maximum atomic E-state index is 13.2. The number of hydrogen-bond acceptors (Lipinski definition) is 5. The molecule has 3 N–H and O–H groups in total. The molecule has 0 aromatic carbocycles. The molecule has 0 unspecified atom stereocenters. The fourth-order valence-electron chi connectivity index (χ4n) is 1.42. The maximum Gasteiger partial charge on any atom is 0.435 e. The van der Waals surface area contributed by atoms with Crippen LogP contribution < -0.4 is 11.1 Å². The first-order valence-electron chi connectivity index (χ1n) is 6.51. The molecule has 9 heteroatoms. The van der Waals surface area contributed by atoms with Crippen molar-refractivity contribution in [2.24, 2.45) is 10.7 Å². The Morgan fingerprint density at radius 2 is 1.87 bits per heavy atom. The van der Waals surface area contributed by atoms with Crippen molar-refractivity contribution < 1.29 is 22.7 Å². The van der Waals surface area contributed by atoms with E-state index in [2.05, 4.69) is 9.98 Å². The Balaban J connectivity index is 3.11. The molecule has 0 saturated carbocycles. The molecule has 1 heterocycles. The molecule has 0 radical (unpaired) electrons. The number of hydrogen-bond donors (Lipinski definition) is 2. The van der Waals surface area contributed by atoms with Crippen molar-refractivity contribution in [3.05, 3.63) is 36.4 Å². The van der Waals surface area contributed by atoms with Gasteiger partial charge in [-0.3, -0.25) is 10.3 Å². The van der Waals surface area contributed by atoms with Crippen molar-refractivity contribution in [2.45, 2.75) is 32.5 Å². The molecule has 126 valence electrons. The summed E-state index contributed by atoms with van der Waals surface area (Å²) < 4.78 is 44.5. The number of nitrogens with two attached hydrogens (primary N) is 1. The molecule has 0 fully saturated rings. The third-order valence-corrected chi connectivity index (χ3v) is 2.23. The lowest BCUT2D eigenvalue weighted by Gasteiger charge is -2.21. The van der Waals surface area contributed by atoms with Crippen LogP contribution >= 0.6 is 0 Å². The molecule has 1 amide bonds. The third kappa shape index (κ3) is 6.37. The number of ether oxygens (including phenoxy) is 1. The van der Waals surface area contributed by atoms with E-state index in [1.165, 1.54) is 24.5 Å². The largest absolute Gasteiger partial charge is 0.444 e. The Bertz CT molecular complexity index is 605. The summed E-state index contributed by atoms with van der Waals surface area (Å²) in [6, 6.07) is 2.57. The quantitative estimate of drug-likeness (QED) is 0.834. The molecule has 0 aliphatic rings. The van der Waals surface area contributed by atoms with Crippen molar-refractivity contribution in [3.63, 3.8) is 0 Å². The van der Waals surface area contributed by atoms with Gasteiger partial charge in [0.15, 0.2) is 5.71 Å². The summed E-state index contributed by atoms with van der Waals surface area (Å²) in [7, 11) is 0. The minimum Gasteiger partial charge on any atom is -0.444 e. The SMILES string of the molecule is CC(C)(C)OC(=O)NC(=CN)C(=Nc1ccncc1)C(F)(F)F. The second kappa shape index (κ2) is 7.12. The van der Waals surface area contributed by atoms with Crippen LogP contribution in [0.15, 0.2) is 41.4 Å². The van der Waals surface area contributed by atoms with E-state index in [1.807, 2.05) is 5.32 Å². The topological polar surface area (TPSA) is 89.6 Å². The fraction of sp³-hybridized carbons (Fsp3) is 0.357. The van der Waals surface area contributed by atoms with Crippen LogP contribution in [-0.2, 0) is 4.74 Å². The van der Waals surface area contributed by atoms with Gasteiger partial charge < -0.3 is 10.5 Å². The molecule has 0 bridgehead atoms. The summed E-state index contributed by atoms with van der Waals surface area (Å²) in [4.78, 5) is 18.8. The average Bonchev–Trinajstić information content (AvgIpc) is 2.40. The number of carbonyl (C=O) groups is 1. The Hall–Kier alpha value is -2.58. The van der Waals surface area contributed by atoms with Gasteiger partial charge in [0.05, 0.1) is 11.4 Å². The normalized spacial score (nSPS) is 13.7. The van der Waals surface area contributed by atoms with Gasteiger partial charge in [0.1, 0.15) is 5.60 Å². The number of alkyl carbamates (subject to hydrolysis) is 1. The van der Waals surface area contributed by atoms with Crippen molar-refractivity contribution in [2.75, 3.05) is 0 Å². The number of aromatic nitrogens is 1. The second-order valence-electron chi connectivity index (χ2n) is 5.37. The van der Waals surface area contributed by atoms with Crippen molar-refractivity contribution >= 4 is 17.5 Å². The van der Waals surface area contributed by atoms with Gasteiger partial charge in [-0.15, -0.1) is 0 Å². The van der Waals surface area contributed by atoms with Crippen molar-refractivity contribution in [3.8, 4) is 0 Å². The highest BCUT2D eigenvalue weighted by molar-refractivity contribution is 6.07. The van der Waals surface area contributed by atoms with E-state index in [4.69, 9.17) is 10.5 Å². The number of halogens is 3. The Morgan fingerprint density at radius 3 is 2.30 bits per heavy atom. The summed E-state index contributed by atoms with van der Waals surface area (Å²) in [6.07, 6.45) is -2.71. The number of allylic oxidation sites excluding steroid dienone is 1. The van der Waals surface area contributed by atoms with Crippen LogP contribution in [-0.4, -0.2) is 28.6 Å². The standard InChI is InChI=1S/C14H17F3N4O2/c1-13(2,3)23-12(22)21-10(8-18)11(14(15,16)17)20-9-4-6-19-7-5-9/h4-8H,18H2,1-3H3,(H,21,22). The van der Waals surface area contributed by atoms with Crippen LogP contribution in [0.5, 0.6) is 0 Å². The minimum absolute atomic E-state index is 0.0117. The molecular weight excluding hydrogens is 313 g/mol. The molecule has 0 aliphatic heterocycles. The molecule has 0 saturated heterocycles. The van der Waals surface area contributed by atoms with Crippen LogP contribution in [0, 0.1) is 0 Å². The van der Waals surface area contributed by atoms with Gasteiger partial charge in [-0.1, -0.05) is 0 Å². The van der Waals surface area contributed by atoms with Gasteiger partial charge in [0.2, 0.25) is 0 Å². The lowest BCUT2D eigenvalue weighted by Crippen LogP contribution is -2.38. The number of alkyl halides is 3. The number of pyridine rings is 1. The summed E-state index contributed by atoms with van der Waals surface area (Å²) in [6.45, 7) is 4.73. The van der Waals surface area contributed by atoms with E-state index in [0.717, 1.165) is 0 Å². The van der Waals surface area contributed by atoms with Crippen LogP contribution in [0.3, 0.4) is 0 Å². The molecule has 0 atom stereocenters. The lowest BCUT2D eigenvalue weighted by molar-refractivity contribution is -0.0584. The van der Waals surface area contributed by atoms with E-state index < -0.39 is 29.3 Å². The molecule has 23 heavy (non-hydrogen) atoms. The highest BCUT2D eigenvalue weighted by atomic mass is 19.4. The minimum atomic E-state index is -4.83. The number of rotatable bonds is 3. The molecule has 0 spiro atoms. The smallest absolute Gasteiger partial charge is 0.435 e. The number of carbonyl (C=O) groups excluding carboxylic acids is 1. The second-order valence-corrected chi connectivity index (χ2v) is 5.37. The van der Waals surface area contributed by atoms with E-state index >= 15 is 0 Å². The van der Waals surface area contributed by atoms with Crippen LogP contribution in [0.2, 0.25) is 0 Å². The van der Waals surface area contributed by atoms with Crippen LogP contribution in [0.1, 0.15) is 20.8 Å². The summed E-state index contributed by atoms with van der Waals surface area (Å²) in [5.74, 6) is 0. The molecule has 0 aliphatic carbocycles. The van der Waals surface area contributed by atoms with Crippen molar-refractivity contribution in [1.82, 2.24) is 10.3 Å². The first-order valence-corrected chi connectivity index (χ1v) is 6.51. The van der Waals surface area contributed by atoms with Crippen LogP contribution in [0.25, 0.3) is 0 Å². The summed E-state index contributed by atoms with van der Waals surface area (Å²) in [5.41, 5.74) is 2.30. The number of amides is 1. The maximum absolute atomic E-state index is 13.2. The van der Waals surface area contributed by atoms with Crippen LogP contribution in [0.4, 0.5) is 23.7 Å². The molecule has 1 aromatic rings. The van der Waals surface area contributed by atoms with Gasteiger partial charge >= 0.3 is 12.3 Å². The Kier molecular flexibility index (Phi) is 5.72. The Labute approximate surface area is 131 Å². The summed E-state index contributed by atoms with van der Waals surface area (Å²) >= 11 is 0. The van der Waals surface area contributed by atoms with Gasteiger partial charge in [-0.2, -0.15) is 13.2 Å². The van der Waals surface area contributed by atoms with Gasteiger partial charge in [-0.05, 0) is 32.9 Å². The zero-order chi connectivity index (χ0) is 17.7. The molecule has 6 nitrogen and oxygen atoms in total. The van der Waals surface area contributed by atoms with Crippen molar-refractivity contribution in [1.29, 1.82) is 0 Å². The van der Waals surface area contributed by atoms with E-state index in [-0.39, 0.29) is 5.69 Å². The number of aliphatic imine (C=N–C) groups is 1. The van der Waals surface area contributed by atoms with Gasteiger partial charge in [0.25, 0.3) is 0 Å². The predicted octanol–water partition coefficient (Wildman–Crippen LogP) is 3.04. The van der Waals surface area contributed by atoms with E-state index in [1.54, 1.807) is 20.8 Å². The lowest BCUT2D eigenvalue weighted by atomic mass is 10.2. The Morgan fingerprint density at radius 1 is 1.30 bits per heavy atom. The highest BCUT2D eigenvalue weighted by Gasteiger charge is 2.39. The highest BCUT2D eigenvalue weighted by Crippen LogP contribution is 2.24. The van der Waals surface area contributed by atoms with E-state index in [0.29, 0.717) is 6.20 Å². The van der Waals surface area contributed by atoms with Gasteiger partial charge in [-0.25, -0.2) is 9.79 Å². The number of nitrogens with zero attached hydrogens (tertiary/aromatic N) is 2. The fourth-order valence-corrected chi connectivity index (χ4v) is 1.42. The average molecular weight is 330 g/mol. The summed E-state index contributed by atoms with van der Waals surface area (Å²) in [5, 5.41) is 1.96. The number of nitrogens with one attached hydrogen (secondary N) is 1. The molecule has 1 rings (SSSR count). The third-order valence-electron chi connectivity index (χ3n) is 2.23. The molecular formula is C14H17F3N4O2. The zero-order valence-corrected chi connectivity index (χ0v) is 12.8. The zero-order valence-electron chi connectivity index (χ0n) is 12.8. The van der Waals surface area contributed by atoms with E-state index in [9.17, 15) is 18.0 Å². The first-order chi connectivity index (χ1) is 10.5.